The summed E-state index contributed by atoms with van der Waals surface area (Å²) in [5.41, 5.74) is 0.310. The quantitative estimate of drug-likeness (QED) is 0.821. The number of hydrogen-bond donors (Lipinski definition) is 2. The number of rotatable bonds is 4. The van der Waals surface area contributed by atoms with Gasteiger partial charge in [-0.25, -0.2) is 0 Å². The second kappa shape index (κ2) is 4.55. The number of methoxy groups -OCH3 is 1. The summed E-state index contributed by atoms with van der Waals surface area (Å²) in [5.74, 6) is 1.09. The monoisotopic (exact) mass is 262 g/mol. The van der Waals surface area contributed by atoms with Crippen molar-refractivity contribution < 1.29 is 19.5 Å². The Balaban J connectivity index is 1.94. The molecule has 19 heavy (non-hydrogen) atoms. The zero-order chi connectivity index (χ0) is 13.4. The van der Waals surface area contributed by atoms with E-state index in [0.717, 1.165) is 12.8 Å². The van der Waals surface area contributed by atoms with Crippen LogP contribution in [0.1, 0.15) is 24.8 Å². The van der Waals surface area contributed by atoms with E-state index in [0.29, 0.717) is 17.3 Å². The van der Waals surface area contributed by atoms with Crippen molar-refractivity contribution in [3.63, 3.8) is 0 Å². The van der Waals surface area contributed by atoms with E-state index in [2.05, 4.69) is 10.1 Å². The van der Waals surface area contributed by atoms with Crippen molar-refractivity contribution in [1.82, 2.24) is 10.1 Å². The lowest BCUT2D eigenvalue weighted by atomic mass is 10.2. The third kappa shape index (κ3) is 2.26. The lowest BCUT2D eigenvalue weighted by Gasteiger charge is -2.08. The molecule has 1 aromatic carbocycles. The van der Waals surface area contributed by atoms with Crippen LogP contribution in [0.15, 0.2) is 22.7 Å². The van der Waals surface area contributed by atoms with Crippen LogP contribution >= 0.6 is 0 Å². The number of nitrogens with zero attached hydrogens (tertiary/aromatic N) is 2. The smallest absolute Gasteiger partial charge is 0.261 e. The van der Waals surface area contributed by atoms with Crippen LogP contribution in [-0.2, 0) is 4.74 Å². The first kappa shape index (κ1) is 12.0. The molecule has 0 spiro atoms. The van der Waals surface area contributed by atoms with Crippen molar-refractivity contribution in [3.05, 3.63) is 24.0 Å². The number of ether oxygens (including phenoxy) is 1. The van der Waals surface area contributed by atoms with E-state index in [9.17, 15) is 10.2 Å². The molecule has 1 heterocycles. The molecule has 0 bridgehead atoms. The predicted octanol–water partition coefficient (Wildman–Crippen LogP) is 2.25. The van der Waals surface area contributed by atoms with Gasteiger partial charge in [0.2, 0.25) is 5.82 Å². The summed E-state index contributed by atoms with van der Waals surface area (Å²) < 4.78 is 10.5. The van der Waals surface area contributed by atoms with Crippen LogP contribution in [0.2, 0.25) is 0 Å². The number of aromatic nitrogens is 2. The van der Waals surface area contributed by atoms with Gasteiger partial charge in [-0.1, -0.05) is 5.16 Å². The van der Waals surface area contributed by atoms with E-state index in [1.54, 1.807) is 7.11 Å². The number of hydrogen-bond acceptors (Lipinski definition) is 6. The first-order chi connectivity index (χ1) is 9.19. The molecule has 3 rings (SSSR count). The van der Waals surface area contributed by atoms with Crippen molar-refractivity contribution in [3.8, 4) is 23.0 Å². The van der Waals surface area contributed by atoms with Crippen molar-refractivity contribution in [2.45, 2.75) is 18.9 Å². The molecule has 2 N–H and O–H groups in total. The van der Waals surface area contributed by atoms with E-state index in [-0.39, 0.29) is 23.5 Å². The van der Waals surface area contributed by atoms with E-state index in [1.807, 2.05) is 0 Å². The molecule has 100 valence electrons. The molecule has 1 saturated carbocycles. The second-order valence-corrected chi connectivity index (χ2v) is 4.65. The van der Waals surface area contributed by atoms with Crippen LogP contribution < -0.4 is 0 Å². The maximum atomic E-state index is 9.74. The predicted molar refractivity (Wildman–Crippen MR) is 65.5 cm³/mol. The zero-order valence-corrected chi connectivity index (χ0v) is 10.4. The van der Waals surface area contributed by atoms with Gasteiger partial charge in [-0.2, -0.15) is 4.98 Å². The fourth-order valence-electron chi connectivity index (χ4n) is 2.06. The minimum Gasteiger partial charge on any atom is -0.508 e. The van der Waals surface area contributed by atoms with Gasteiger partial charge in [-0.3, -0.25) is 0 Å². The molecule has 6 nitrogen and oxygen atoms in total. The minimum absolute atomic E-state index is 0.0200. The highest BCUT2D eigenvalue weighted by atomic mass is 16.5. The number of phenols is 2. The van der Waals surface area contributed by atoms with Gasteiger partial charge in [0, 0.05) is 7.11 Å². The van der Waals surface area contributed by atoms with Gasteiger partial charge in [-0.05, 0) is 37.0 Å². The molecule has 1 aromatic heterocycles. The van der Waals surface area contributed by atoms with E-state index in [1.165, 1.54) is 18.2 Å². The van der Waals surface area contributed by atoms with Crippen LogP contribution in [0.3, 0.4) is 0 Å². The lowest BCUT2D eigenvalue weighted by Crippen LogP contribution is -2.05. The fourth-order valence-corrected chi connectivity index (χ4v) is 2.06. The highest BCUT2D eigenvalue weighted by molar-refractivity contribution is 5.64. The van der Waals surface area contributed by atoms with E-state index in [4.69, 9.17) is 9.26 Å². The van der Waals surface area contributed by atoms with Gasteiger partial charge in [0.25, 0.3) is 5.89 Å². The minimum atomic E-state index is -0.169. The molecule has 2 aromatic rings. The standard InChI is InChI=1S/C13H14N2O4/c1-18-11(7-2-3-7)12-14-13(19-15-12)9-6-8(16)4-5-10(9)17/h4-7,11,16-17H,2-3H2,1H3. The topological polar surface area (TPSA) is 88.6 Å². The molecule has 0 aliphatic heterocycles. The summed E-state index contributed by atoms with van der Waals surface area (Å²) >= 11 is 0. The number of aromatic hydroxyl groups is 2. The molecule has 0 saturated heterocycles. The molecule has 1 atom stereocenters. The Bertz CT molecular complexity index is 592. The molecule has 1 aliphatic carbocycles. The zero-order valence-electron chi connectivity index (χ0n) is 10.4. The third-order valence-electron chi connectivity index (χ3n) is 3.21. The van der Waals surface area contributed by atoms with Crippen molar-refractivity contribution in [2.24, 2.45) is 5.92 Å². The average Bonchev–Trinajstić information content (AvgIpc) is 3.11. The van der Waals surface area contributed by atoms with Crippen molar-refractivity contribution in [2.75, 3.05) is 7.11 Å². The Morgan fingerprint density at radius 1 is 1.37 bits per heavy atom. The first-order valence-electron chi connectivity index (χ1n) is 6.08. The molecule has 0 amide bonds. The van der Waals surface area contributed by atoms with Gasteiger partial charge < -0.3 is 19.5 Å². The van der Waals surface area contributed by atoms with Gasteiger partial charge >= 0.3 is 0 Å². The Morgan fingerprint density at radius 2 is 2.16 bits per heavy atom. The molecular formula is C13H14N2O4. The molecular weight excluding hydrogens is 248 g/mol. The van der Waals surface area contributed by atoms with Gasteiger partial charge in [0.15, 0.2) is 0 Å². The largest absolute Gasteiger partial charge is 0.508 e. The fraction of sp³-hybridized carbons (Fsp3) is 0.385. The summed E-state index contributed by atoms with van der Waals surface area (Å²) in [6.07, 6.45) is 2.02. The van der Waals surface area contributed by atoms with E-state index < -0.39 is 0 Å². The van der Waals surface area contributed by atoms with Crippen LogP contribution in [0.4, 0.5) is 0 Å². The van der Waals surface area contributed by atoms with Crippen molar-refractivity contribution >= 4 is 0 Å². The molecule has 0 radical (unpaired) electrons. The summed E-state index contributed by atoms with van der Waals surface area (Å²) in [6, 6.07) is 4.15. The van der Waals surface area contributed by atoms with Crippen molar-refractivity contribution in [1.29, 1.82) is 0 Å². The molecule has 1 unspecified atom stereocenters. The lowest BCUT2D eigenvalue weighted by molar-refractivity contribution is 0.0751. The SMILES string of the molecule is COC(c1noc(-c2cc(O)ccc2O)n1)C1CC1. The Morgan fingerprint density at radius 3 is 2.84 bits per heavy atom. The van der Waals surface area contributed by atoms with Gasteiger partial charge in [0.05, 0.1) is 5.56 Å². The Kier molecular flexibility index (Phi) is 2.87. The number of phenolic OH excluding ortho intramolecular Hbond substituents is 2. The molecule has 1 fully saturated rings. The van der Waals surface area contributed by atoms with E-state index >= 15 is 0 Å². The number of benzene rings is 1. The third-order valence-corrected chi connectivity index (χ3v) is 3.21. The summed E-state index contributed by atoms with van der Waals surface area (Å²) in [7, 11) is 1.62. The average molecular weight is 262 g/mol. The maximum absolute atomic E-state index is 9.74. The van der Waals surface area contributed by atoms with Crippen LogP contribution in [-0.4, -0.2) is 27.5 Å². The highest BCUT2D eigenvalue weighted by Crippen LogP contribution is 2.42. The molecule has 1 aliphatic rings. The van der Waals surface area contributed by atoms with Crippen LogP contribution in [0, 0.1) is 5.92 Å². The summed E-state index contributed by atoms with van der Waals surface area (Å²) in [6.45, 7) is 0. The highest BCUT2D eigenvalue weighted by Gasteiger charge is 2.35. The van der Waals surface area contributed by atoms with Crippen LogP contribution in [0.5, 0.6) is 11.5 Å². The second-order valence-electron chi connectivity index (χ2n) is 4.65. The Labute approximate surface area is 109 Å². The van der Waals surface area contributed by atoms with Gasteiger partial charge in [0.1, 0.15) is 17.6 Å². The summed E-state index contributed by atoms with van der Waals surface area (Å²) in [5, 5.41) is 23.1. The maximum Gasteiger partial charge on any atom is 0.261 e. The van der Waals surface area contributed by atoms with Gasteiger partial charge in [-0.15, -0.1) is 0 Å². The first-order valence-corrected chi connectivity index (χ1v) is 6.08. The molecule has 6 heteroatoms. The summed E-state index contributed by atoms with van der Waals surface area (Å²) in [4.78, 5) is 4.24. The normalized spacial score (nSPS) is 16.5. The Hall–Kier alpha value is -2.08. The van der Waals surface area contributed by atoms with Crippen LogP contribution in [0.25, 0.3) is 11.5 Å².